The molecule has 0 aliphatic heterocycles. The van der Waals surface area contributed by atoms with Crippen LogP contribution in [0.3, 0.4) is 0 Å². The van der Waals surface area contributed by atoms with Gasteiger partial charge in [-0.15, -0.1) is 0 Å². The van der Waals surface area contributed by atoms with Crippen molar-refractivity contribution < 1.29 is 14.8 Å². The number of hydrogen-bond acceptors (Lipinski definition) is 4. The summed E-state index contributed by atoms with van der Waals surface area (Å²) in [5.74, 6) is 0. The van der Waals surface area contributed by atoms with Crippen molar-refractivity contribution >= 4 is 29.0 Å². The summed E-state index contributed by atoms with van der Waals surface area (Å²) in [7, 11) is 0. The highest BCUT2D eigenvalue weighted by Gasteiger charge is 2.15. The normalized spacial score (nSPS) is 11.8. The van der Waals surface area contributed by atoms with Gasteiger partial charge in [0, 0.05) is 24.4 Å². The second kappa shape index (κ2) is 7.66. The largest absolute Gasteiger partial charge is 0.396 e. The lowest BCUT2D eigenvalue weighted by molar-refractivity contribution is -0.384. The molecule has 1 unspecified atom stereocenters. The zero-order valence-electron chi connectivity index (χ0n) is 10.9. The molecule has 0 radical (unpaired) electrons. The Morgan fingerprint density at radius 2 is 2.25 bits per heavy atom. The third kappa shape index (κ3) is 4.67. The van der Waals surface area contributed by atoms with E-state index in [9.17, 15) is 14.9 Å². The molecule has 1 aromatic rings. The number of nitrogens with zero attached hydrogens (tertiary/aromatic N) is 1. The third-order valence-corrected chi connectivity index (χ3v) is 3.03. The minimum Gasteiger partial charge on any atom is -0.396 e. The average Bonchev–Trinajstić information content (AvgIpc) is 2.40. The molecule has 0 aromatic heterocycles. The van der Waals surface area contributed by atoms with Crippen LogP contribution in [0.5, 0.6) is 0 Å². The first-order valence-corrected chi connectivity index (χ1v) is 6.48. The molecule has 7 nitrogen and oxygen atoms in total. The molecule has 0 bridgehead atoms. The maximum absolute atomic E-state index is 11.7. The summed E-state index contributed by atoms with van der Waals surface area (Å²) in [6, 6.07) is 3.38. The topological polar surface area (TPSA) is 104 Å². The molecule has 2 amide bonds. The number of aliphatic hydroxyl groups excluding tert-OH is 1. The van der Waals surface area contributed by atoms with Crippen molar-refractivity contribution in [2.75, 3.05) is 11.9 Å². The van der Waals surface area contributed by atoms with Crippen molar-refractivity contribution in [1.29, 1.82) is 0 Å². The van der Waals surface area contributed by atoms with E-state index < -0.39 is 11.0 Å². The van der Waals surface area contributed by atoms with Crippen molar-refractivity contribution in [2.24, 2.45) is 0 Å². The first kappa shape index (κ1) is 16.2. The number of rotatable bonds is 6. The molecule has 3 N–H and O–H groups in total. The predicted octanol–water partition coefficient (Wildman–Crippen LogP) is 2.53. The highest BCUT2D eigenvalue weighted by molar-refractivity contribution is 6.32. The number of aliphatic hydroxyl groups is 1. The van der Waals surface area contributed by atoms with Crippen LogP contribution in [0.1, 0.15) is 19.8 Å². The van der Waals surface area contributed by atoms with Crippen molar-refractivity contribution in [3.05, 3.63) is 33.3 Å². The Morgan fingerprint density at radius 1 is 1.55 bits per heavy atom. The Kier molecular flexibility index (Phi) is 6.20. The fourth-order valence-electron chi connectivity index (χ4n) is 1.62. The van der Waals surface area contributed by atoms with E-state index in [1.807, 2.05) is 6.92 Å². The van der Waals surface area contributed by atoms with Crippen LogP contribution < -0.4 is 10.6 Å². The Morgan fingerprint density at radius 3 is 2.80 bits per heavy atom. The molecule has 0 spiro atoms. The minimum atomic E-state index is -0.619. The fraction of sp³-hybridized carbons (Fsp3) is 0.417. The lowest BCUT2D eigenvalue weighted by Crippen LogP contribution is -2.38. The summed E-state index contributed by atoms with van der Waals surface area (Å²) < 4.78 is 0. The van der Waals surface area contributed by atoms with Crippen LogP contribution in [0.25, 0.3) is 0 Å². The van der Waals surface area contributed by atoms with Gasteiger partial charge in [0.15, 0.2) is 0 Å². The van der Waals surface area contributed by atoms with Crippen LogP contribution in [0.4, 0.5) is 16.2 Å². The van der Waals surface area contributed by atoms with Gasteiger partial charge in [-0.25, -0.2) is 4.79 Å². The van der Waals surface area contributed by atoms with Gasteiger partial charge in [0.1, 0.15) is 5.02 Å². The van der Waals surface area contributed by atoms with E-state index in [1.165, 1.54) is 18.2 Å². The molecule has 1 rings (SSSR count). The van der Waals surface area contributed by atoms with Gasteiger partial charge in [-0.2, -0.15) is 0 Å². The molecule has 0 aliphatic rings. The molecule has 20 heavy (non-hydrogen) atoms. The van der Waals surface area contributed by atoms with E-state index in [0.29, 0.717) is 12.8 Å². The summed E-state index contributed by atoms with van der Waals surface area (Å²) in [5.41, 5.74) is 0.00400. The highest BCUT2D eigenvalue weighted by Crippen LogP contribution is 2.27. The second-order valence-corrected chi connectivity index (χ2v) is 4.55. The van der Waals surface area contributed by atoms with Crippen molar-refractivity contribution in [3.63, 3.8) is 0 Å². The van der Waals surface area contributed by atoms with Gasteiger partial charge in [0.2, 0.25) is 0 Å². The summed E-state index contributed by atoms with van der Waals surface area (Å²) in [6.07, 6.45) is 1.12. The maximum atomic E-state index is 11.7. The monoisotopic (exact) mass is 301 g/mol. The van der Waals surface area contributed by atoms with Crippen molar-refractivity contribution in [3.8, 4) is 0 Å². The van der Waals surface area contributed by atoms with Gasteiger partial charge >= 0.3 is 6.03 Å². The summed E-state index contributed by atoms with van der Waals surface area (Å²) in [4.78, 5) is 21.8. The van der Waals surface area contributed by atoms with E-state index in [0.717, 1.165) is 0 Å². The van der Waals surface area contributed by atoms with Crippen LogP contribution in [0, 0.1) is 10.1 Å². The van der Waals surface area contributed by atoms with E-state index in [-0.39, 0.29) is 29.0 Å². The Bertz CT molecular complexity index is 496. The number of nitro groups is 1. The number of benzene rings is 1. The van der Waals surface area contributed by atoms with E-state index in [4.69, 9.17) is 16.7 Å². The number of urea groups is 1. The highest BCUT2D eigenvalue weighted by atomic mass is 35.5. The van der Waals surface area contributed by atoms with Gasteiger partial charge in [-0.1, -0.05) is 18.5 Å². The summed E-state index contributed by atoms with van der Waals surface area (Å²) >= 11 is 5.68. The molecule has 0 fully saturated rings. The molecule has 110 valence electrons. The van der Waals surface area contributed by atoms with Crippen molar-refractivity contribution in [1.82, 2.24) is 5.32 Å². The first-order valence-electron chi connectivity index (χ1n) is 6.10. The SMILES string of the molecule is CCC(CCO)NC(=O)Nc1ccc(Cl)c([N+](=O)[O-])c1. The number of nitro benzene ring substituents is 1. The van der Waals surface area contributed by atoms with Gasteiger partial charge < -0.3 is 15.7 Å². The zero-order valence-corrected chi connectivity index (χ0v) is 11.7. The average molecular weight is 302 g/mol. The molecule has 8 heteroatoms. The molecular formula is C12H16ClN3O4. The van der Waals surface area contributed by atoms with E-state index in [2.05, 4.69) is 10.6 Å². The first-order chi connectivity index (χ1) is 9.47. The second-order valence-electron chi connectivity index (χ2n) is 4.14. The third-order valence-electron chi connectivity index (χ3n) is 2.71. The number of anilines is 1. The summed E-state index contributed by atoms with van der Waals surface area (Å²) in [5, 5.41) is 24.7. The fourth-order valence-corrected chi connectivity index (χ4v) is 1.80. The molecule has 0 saturated heterocycles. The Balaban J connectivity index is 2.71. The van der Waals surface area contributed by atoms with Crippen LogP contribution in [0.2, 0.25) is 5.02 Å². The van der Waals surface area contributed by atoms with Gasteiger partial charge in [0.25, 0.3) is 5.69 Å². The smallest absolute Gasteiger partial charge is 0.319 e. The van der Waals surface area contributed by atoms with Crippen molar-refractivity contribution in [2.45, 2.75) is 25.8 Å². The lowest BCUT2D eigenvalue weighted by atomic mass is 10.2. The zero-order chi connectivity index (χ0) is 15.1. The van der Waals surface area contributed by atoms with Crippen LogP contribution >= 0.6 is 11.6 Å². The number of halogens is 1. The maximum Gasteiger partial charge on any atom is 0.319 e. The standard InChI is InChI=1S/C12H16ClN3O4/c1-2-8(5-6-17)14-12(18)15-9-3-4-10(13)11(7-9)16(19)20/h3-4,7-8,17H,2,5-6H2,1H3,(H2,14,15,18). The molecule has 0 heterocycles. The van der Waals surface area contributed by atoms with Gasteiger partial charge in [-0.3, -0.25) is 10.1 Å². The van der Waals surface area contributed by atoms with Crippen LogP contribution in [-0.2, 0) is 0 Å². The molecule has 0 saturated carbocycles. The van der Waals surface area contributed by atoms with E-state index >= 15 is 0 Å². The predicted molar refractivity (Wildman–Crippen MR) is 76.0 cm³/mol. The Labute approximate surface area is 121 Å². The summed E-state index contributed by atoms with van der Waals surface area (Å²) in [6.45, 7) is 1.86. The number of nitrogens with one attached hydrogen (secondary N) is 2. The molecule has 1 atom stereocenters. The number of hydrogen-bond donors (Lipinski definition) is 3. The lowest BCUT2D eigenvalue weighted by Gasteiger charge is -2.16. The van der Waals surface area contributed by atoms with Gasteiger partial charge in [0.05, 0.1) is 4.92 Å². The van der Waals surface area contributed by atoms with E-state index in [1.54, 1.807) is 0 Å². The quantitative estimate of drug-likeness (QED) is 0.554. The van der Waals surface area contributed by atoms with Gasteiger partial charge in [-0.05, 0) is 25.0 Å². The van der Waals surface area contributed by atoms with Crippen LogP contribution in [-0.4, -0.2) is 28.7 Å². The molecular weight excluding hydrogens is 286 g/mol. The number of amides is 2. The number of carbonyl (C=O) groups excluding carboxylic acids is 1. The molecule has 0 aliphatic carbocycles. The van der Waals surface area contributed by atoms with Crippen LogP contribution in [0.15, 0.2) is 18.2 Å². The Hall–Kier alpha value is -1.86. The number of carbonyl (C=O) groups is 1. The minimum absolute atomic E-state index is 0.00710. The molecule has 1 aromatic carbocycles.